The molecule has 2 heterocycles. The van der Waals surface area contributed by atoms with Crippen molar-refractivity contribution in [3.8, 4) is 0 Å². The molecule has 7 heteroatoms. The number of hydrogen-bond donors (Lipinski definition) is 2. The summed E-state index contributed by atoms with van der Waals surface area (Å²) in [5.74, 6) is -0.499. The number of hydrogen-bond acceptors (Lipinski definition) is 4. The van der Waals surface area contributed by atoms with E-state index in [4.69, 9.17) is 0 Å². The van der Waals surface area contributed by atoms with Gasteiger partial charge in [0, 0.05) is 18.8 Å². The first-order valence-electron chi connectivity index (χ1n) is 6.64. The van der Waals surface area contributed by atoms with Crippen LogP contribution in [0.2, 0.25) is 0 Å². The molecule has 2 aliphatic heterocycles. The summed E-state index contributed by atoms with van der Waals surface area (Å²) >= 11 is 1.53. The molecule has 108 valence electrons. The summed E-state index contributed by atoms with van der Waals surface area (Å²) in [5, 5.41) is 18.7. The van der Waals surface area contributed by atoms with Crippen LogP contribution in [0.1, 0.15) is 26.2 Å². The van der Waals surface area contributed by atoms with Crippen molar-refractivity contribution in [2.75, 3.05) is 18.8 Å². The van der Waals surface area contributed by atoms with Gasteiger partial charge < -0.3 is 15.1 Å². The number of amides is 2. The first-order valence-corrected chi connectivity index (χ1v) is 7.69. The maximum Gasteiger partial charge on any atom is 0.327 e. The number of β-amino-alcohol motifs (C(OH)–C–C–N with tert-alkyl or cyclic N) is 1. The lowest BCUT2D eigenvalue weighted by molar-refractivity contribution is -0.141. The van der Waals surface area contributed by atoms with E-state index in [1.807, 2.05) is 6.92 Å². The van der Waals surface area contributed by atoms with Crippen molar-refractivity contribution in [2.24, 2.45) is 0 Å². The lowest BCUT2D eigenvalue weighted by Crippen LogP contribution is -2.51. The summed E-state index contributed by atoms with van der Waals surface area (Å²) in [6, 6.07) is -0.987. The van der Waals surface area contributed by atoms with Crippen molar-refractivity contribution in [2.45, 2.75) is 43.7 Å². The van der Waals surface area contributed by atoms with Crippen LogP contribution < -0.4 is 0 Å². The molecule has 2 rings (SSSR count). The topological polar surface area (TPSA) is 81.1 Å². The molecule has 19 heavy (non-hydrogen) atoms. The number of aliphatic hydroxyl groups is 1. The maximum absolute atomic E-state index is 12.5. The van der Waals surface area contributed by atoms with E-state index in [2.05, 4.69) is 0 Å². The zero-order valence-electron chi connectivity index (χ0n) is 11.0. The second kappa shape index (κ2) is 6.00. The van der Waals surface area contributed by atoms with Crippen molar-refractivity contribution in [3.05, 3.63) is 0 Å². The van der Waals surface area contributed by atoms with Crippen molar-refractivity contribution in [1.29, 1.82) is 0 Å². The molecule has 0 saturated carbocycles. The summed E-state index contributed by atoms with van der Waals surface area (Å²) in [5.41, 5.74) is 0. The average molecular weight is 288 g/mol. The molecular weight excluding hydrogens is 268 g/mol. The van der Waals surface area contributed by atoms with E-state index in [0.29, 0.717) is 25.3 Å². The fourth-order valence-corrected chi connectivity index (χ4v) is 4.07. The Morgan fingerprint density at radius 2 is 2.16 bits per heavy atom. The molecule has 2 amide bonds. The zero-order valence-corrected chi connectivity index (χ0v) is 11.8. The number of aliphatic hydroxyl groups excluding tert-OH is 1. The van der Waals surface area contributed by atoms with Gasteiger partial charge in [-0.3, -0.25) is 4.90 Å². The third-order valence-corrected chi connectivity index (χ3v) is 4.92. The number of carbonyl (C=O) groups excluding carboxylic acids is 1. The maximum atomic E-state index is 12.5. The van der Waals surface area contributed by atoms with Crippen LogP contribution in [0, 0.1) is 0 Å². The molecule has 0 aromatic heterocycles. The summed E-state index contributed by atoms with van der Waals surface area (Å²) in [6.45, 7) is 2.84. The highest BCUT2D eigenvalue weighted by Gasteiger charge is 2.43. The zero-order chi connectivity index (χ0) is 14.0. The Hall–Kier alpha value is -0.950. The SMILES string of the molecule is CCCC1SCC(C(=O)O)N1C(=O)N1CCC(O)C1. The van der Waals surface area contributed by atoms with Crippen molar-refractivity contribution in [1.82, 2.24) is 9.80 Å². The Balaban J connectivity index is 2.11. The lowest BCUT2D eigenvalue weighted by atomic mass is 10.2. The molecule has 2 saturated heterocycles. The van der Waals surface area contributed by atoms with Crippen LogP contribution in [0.5, 0.6) is 0 Å². The van der Waals surface area contributed by atoms with E-state index in [0.717, 1.165) is 12.8 Å². The molecule has 2 N–H and O–H groups in total. The number of thioether (sulfide) groups is 1. The quantitative estimate of drug-likeness (QED) is 0.803. The van der Waals surface area contributed by atoms with E-state index < -0.39 is 18.1 Å². The van der Waals surface area contributed by atoms with Crippen LogP contribution in [0.3, 0.4) is 0 Å². The normalized spacial score (nSPS) is 30.9. The molecule has 0 aromatic carbocycles. The van der Waals surface area contributed by atoms with Gasteiger partial charge in [0.1, 0.15) is 6.04 Å². The Morgan fingerprint density at radius 1 is 1.42 bits per heavy atom. The molecule has 6 nitrogen and oxygen atoms in total. The minimum atomic E-state index is -0.945. The molecule has 3 atom stereocenters. The number of rotatable bonds is 3. The highest BCUT2D eigenvalue weighted by atomic mass is 32.2. The predicted octanol–water partition coefficient (Wildman–Crippen LogP) is 0.801. The van der Waals surface area contributed by atoms with Gasteiger partial charge >= 0.3 is 12.0 Å². The van der Waals surface area contributed by atoms with Gasteiger partial charge in [-0.1, -0.05) is 13.3 Å². The number of aliphatic carboxylic acids is 1. The lowest BCUT2D eigenvalue weighted by Gasteiger charge is -2.31. The first kappa shape index (κ1) is 14.5. The van der Waals surface area contributed by atoms with Crippen LogP contribution in [0.25, 0.3) is 0 Å². The highest BCUT2D eigenvalue weighted by molar-refractivity contribution is 8.00. The molecule has 0 bridgehead atoms. The Bertz CT molecular complexity index is 366. The molecule has 0 aromatic rings. The van der Waals surface area contributed by atoms with Gasteiger partial charge in [-0.2, -0.15) is 0 Å². The van der Waals surface area contributed by atoms with E-state index in [9.17, 15) is 19.8 Å². The van der Waals surface area contributed by atoms with Crippen molar-refractivity contribution >= 4 is 23.8 Å². The fourth-order valence-electron chi connectivity index (χ4n) is 2.56. The van der Waals surface area contributed by atoms with Gasteiger partial charge in [-0.05, 0) is 12.8 Å². The molecule has 0 spiro atoms. The molecule has 0 radical (unpaired) electrons. The molecule has 2 fully saturated rings. The molecular formula is C12H20N2O4S. The average Bonchev–Trinajstić information content (AvgIpc) is 2.95. The predicted molar refractivity (Wildman–Crippen MR) is 72.0 cm³/mol. The number of carboxylic acids is 1. The van der Waals surface area contributed by atoms with Crippen LogP contribution in [0.15, 0.2) is 0 Å². The standard InChI is InChI=1S/C12H20N2O4S/c1-2-3-10-14(9(7-19-10)11(16)17)12(18)13-5-4-8(15)6-13/h8-10,15H,2-7H2,1H3,(H,16,17). The van der Waals surface area contributed by atoms with Crippen LogP contribution in [0.4, 0.5) is 4.79 Å². The summed E-state index contributed by atoms with van der Waals surface area (Å²) in [6.07, 6.45) is 1.81. The largest absolute Gasteiger partial charge is 0.480 e. The van der Waals surface area contributed by atoms with E-state index in [1.54, 1.807) is 4.90 Å². The van der Waals surface area contributed by atoms with Crippen LogP contribution in [-0.4, -0.2) is 68.4 Å². The van der Waals surface area contributed by atoms with Gasteiger partial charge in [-0.15, -0.1) is 11.8 Å². The highest BCUT2D eigenvalue weighted by Crippen LogP contribution is 2.33. The monoisotopic (exact) mass is 288 g/mol. The second-order valence-corrected chi connectivity index (χ2v) is 6.22. The molecule has 2 aliphatic rings. The van der Waals surface area contributed by atoms with Crippen molar-refractivity contribution in [3.63, 3.8) is 0 Å². The number of carbonyl (C=O) groups is 2. The Labute approximate surface area is 116 Å². The minimum Gasteiger partial charge on any atom is -0.480 e. The van der Waals surface area contributed by atoms with E-state index >= 15 is 0 Å². The van der Waals surface area contributed by atoms with Gasteiger partial charge in [-0.25, -0.2) is 9.59 Å². The van der Waals surface area contributed by atoms with Gasteiger partial charge in [0.25, 0.3) is 0 Å². The van der Waals surface area contributed by atoms with Crippen LogP contribution in [-0.2, 0) is 4.79 Å². The summed E-state index contributed by atoms with van der Waals surface area (Å²) in [4.78, 5) is 26.8. The number of carboxylic acid groups (broad SMARTS) is 1. The Morgan fingerprint density at radius 3 is 2.68 bits per heavy atom. The molecule has 0 aliphatic carbocycles. The smallest absolute Gasteiger partial charge is 0.327 e. The summed E-state index contributed by atoms with van der Waals surface area (Å²) in [7, 11) is 0. The van der Waals surface area contributed by atoms with E-state index in [-0.39, 0.29) is 11.4 Å². The third-order valence-electron chi connectivity index (χ3n) is 3.57. The molecule has 3 unspecified atom stereocenters. The Kier molecular flexibility index (Phi) is 4.57. The minimum absolute atomic E-state index is 0.0589. The van der Waals surface area contributed by atoms with Gasteiger partial charge in [0.15, 0.2) is 0 Å². The van der Waals surface area contributed by atoms with Gasteiger partial charge in [0.05, 0.1) is 11.5 Å². The summed E-state index contributed by atoms with van der Waals surface area (Å²) < 4.78 is 0. The number of nitrogens with zero attached hydrogens (tertiary/aromatic N) is 2. The number of likely N-dealkylation sites (tertiary alicyclic amines) is 1. The van der Waals surface area contributed by atoms with E-state index in [1.165, 1.54) is 16.7 Å². The third kappa shape index (κ3) is 2.97. The second-order valence-electron chi connectivity index (χ2n) is 5.01. The van der Waals surface area contributed by atoms with Crippen LogP contribution >= 0.6 is 11.8 Å². The van der Waals surface area contributed by atoms with Gasteiger partial charge in [0.2, 0.25) is 0 Å². The van der Waals surface area contributed by atoms with Crippen molar-refractivity contribution < 1.29 is 19.8 Å². The number of urea groups is 1. The first-order chi connectivity index (χ1) is 9.04. The fraction of sp³-hybridized carbons (Fsp3) is 0.833.